The fraction of sp³-hybridized carbons (Fsp3) is 0.520. The second-order valence-electron chi connectivity index (χ2n) is 19.3. The quantitative estimate of drug-likeness (QED) is 0.0388. The Labute approximate surface area is 417 Å². The summed E-state index contributed by atoms with van der Waals surface area (Å²) in [6.07, 6.45) is 1.11. The lowest BCUT2D eigenvalue weighted by Gasteiger charge is -2.43. The summed E-state index contributed by atoms with van der Waals surface area (Å²) in [6, 6.07) is 10.9. The van der Waals surface area contributed by atoms with Gasteiger partial charge >= 0.3 is 6.09 Å². The molecule has 1 fully saturated rings. The SMILES string of the molecule is C[C@H](O)C(=O)N(CC1CN(C(=O)OC(C)(C)C)CC1F)C(c1nc(-c2cc(F)ccc2F)cn1Cc1ccccc1)C(C)(C)CC(=O)NCCOCCOCCOCCN(N)/C=C(\N)CN1C(=O)C=CC1=O. The Balaban J connectivity index is 1.24. The van der Waals surface area contributed by atoms with Gasteiger partial charge in [-0.2, -0.15) is 0 Å². The second kappa shape index (κ2) is 25.9. The van der Waals surface area contributed by atoms with Crippen molar-refractivity contribution in [3.05, 3.63) is 102 Å². The van der Waals surface area contributed by atoms with E-state index in [1.54, 1.807) is 39.2 Å². The number of nitrogens with two attached hydrogens (primary N) is 2. The van der Waals surface area contributed by atoms with Gasteiger partial charge in [0, 0.05) is 79.7 Å². The van der Waals surface area contributed by atoms with Crippen LogP contribution in [0.1, 0.15) is 65.4 Å². The zero-order chi connectivity index (χ0) is 52.8. The second-order valence-corrected chi connectivity index (χ2v) is 19.3. The summed E-state index contributed by atoms with van der Waals surface area (Å²) < 4.78 is 70.1. The van der Waals surface area contributed by atoms with E-state index in [1.807, 2.05) is 30.3 Å². The third-order valence-corrected chi connectivity index (χ3v) is 11.6. The van der Waals surface area contributed by atoms with E-state index in [0.29, 0.717) is 0 Å². The predicted molar refractivity (Wildman–Crippen MR) is 258 cm³/mol. The molecule has 1 aromatic heterocycles. The predicted octanol–water partition coefficient (Wildman–Crippen LogP) is 3.82. The Morgan fingerprint density at radius 1 is 0.944 bits per heavy atom. The molecule has 22 heteroatoms. The maximum absolute atomic E-state index is 16.1. The van der Waals surface area contributed by atoms with Crippen molar-refractivity contribution < 1.29 is 61.2 Å². The standard InChI is InChI=1S/C50H68F3N9O10/c1-33(63)47(67)62(28-35-27-59(31-40(35)53)48(68)72-49(2,3)4)45(46-57-41(38-24-36(51)12-13-39(38)52)32-58(46)26-34-10-8-7-9-11-34)50(5,6)25-42(64)56-16-18-69-20-22-71-23-21-70-19-17-60(55)29-37(54)30-61-43(65)14-15-44(61)66/h7-15,24,29,32-33,35,40,45,63H,16-23,25-28,30-31,54-55H2,1-6H3,(H,56,64)/b37-29-/t33-,35?,40?,45?/m0/s1. The molecular weight excluding hydrogens is 944 g/mol. The van der Waals surface area contributed by atoms with Crippen molar-refractivity contribution in [2.75, 3.05) is 78.9 Å². The fourth-order valence-corrected chi connectivity index (χ4v) is 8.22. The number of halogens is 3. The van der Waals surface area contributed by atoms with E-state index in [1.165, 1.54) is 46.3 Å². The number of amides is 5. The van der Waals surface area contributed by atoms with Crippen LogP contribution in [0.3, 0.4) is 0 Å². The number of imide groups is 1. The minimum atomic E-state index is -1.61. The van der Waals surface area contributed by atoms with Crippen LogP contribution in [0.2, 0.25) is 0 Å². The molecule has 72 heavy (non-hydrogen) atoms. The van der Waals surface area contributed by atoms with Crippen LogP contribution in [0, 0.1) is 23.0 Å². The number of aromatic nitrogens is 2. The lowest BCUT2D eigenvalue weighted by molar-refractivity contribution is -0.147. The molecule has 0 radical (unpaired) electrons. The first-order valence-corrected chi connectivity index (χ1v) is 23.7. The van der Waals surface area contributed by atoms with E-state index in [4.69, 9.17) is 35.5 Å². The number of ether oxygens (including phenoxy) is 4. The largest absolute Gasteiger partial charge is 0.444 e. The Hall–Kier alpha value is -6.33. The van der Waals surface area contributed by atoms with Crippen molar-refractivity contribution in [3.63, 3.8) is 0 Å². The van der Waals surface area contributed by atoms with Crippen LogP contribution in [-0.4, -0.2) is 161 Å². The van der Waals surface area contributed by atoms with Gasteiger partial charge in [0.1, 0.15) is 35.3 Å². The van der Waals surface area contributed by atoms with Gasteiger partial charge in [-0.3, -0.25) is 24.1 Å². The smallest absolute Gasteiger partial charge is 0.410 e. The van der Waals surface area contributed by atoms with E-state index < -0.39 is 76.6 Å². The minimum absolute atomic E-state index is 0.0305. The molecule has 3 aromatic rings. The van der Waals surface area contributed by atoms with Gasteiger partial charge in [0.2, 0.25) is 5.91 Å². The van der Waals surface area contributed by atoms with E-state index >= 15 is 8.78 Å². The summed E-state index contributed by atoms with van der Waals surface area (Å²) in [7, 11) is 0. The van der Waals surface area contributed by atoms with Gasteiger partial charge in [0.05, 0.1) is 71.0 Å². The third kappa shape index (κ3) is 16.6. The number of carbonyl (C=O) groups excluding carboxylic acids is 5. The molecule has 394 valence electrons. The number of imidazole rings is 1. The number of hydrazine groups is 1. The molecule has 3 heterocycles. The molecule has 0 bridgehead atoms. The number of aliphatic hydroxyl groups excluding tert-OH is 1. The van der Waals surface area contributed by atoms with E-state index in [9.17, 15) is 33.5 Å². The lowest BCUT2D eigenvalue weighted by atomic mass is 9.78. The first-order valence-electron chi connectivity index (χ1n) is 23.7. The average molecular weight is 1010 g/mol. The Morgan fingerprint density at radius 3 is 2.22 bits per heavy atom. The van der Waals surface area contributed by atoms with E-state index in [-0.39, 0.29) is 115 Å². The molecule has 0 saturated carbocycles. The number of hydrogen-bond donors (Lipinski definition) is 4. The summed E-state index contributed by atoms with van der Waals surface area (Å²) in [6.45, 7) is 10.8. The molecule has 5 rings (SSSR count). The lowest BCUT2D eigenvalue weighted by Crippen LogP contribution is -2.50. The maximum atomic E-state index is 16.1. The summed E-state index contributed by atoms with van der Waals surface area (Å²) >= 11 is 0. The summed E-state index contributed by atoms with van der Waals surface area (Å²) in [5, 5.41) is 15.1. The number of nitrogens with one attached hydrogen (secondary N) is 1. The van der Waals surface area contributed by atoms with Gasteiger partial charge in [-0.15, -0.1) is 0 Å². The Morgan fingerprint density at radius 2 is 1.58 bits per heavy atom. The number of nitrogens with zero attached hydrogens (tertiary/aromatic N) is 6. The Kier molecular flexibility index (Phi) is 20.3. The Bertz CT molecular complexity index is 2380. The van der Waals surface area contributed by atoms with Crippen LogP contribution in [-0.2, 0) is 44.7 Å². The maximum Gasteiger partial charge on any atom is 0.410 e. The molecule has 6 N–H and O–H groups in total. The highest BCUT2D eigenvalue weighted by atomic mass is 19.1. The van der Waals surface area contributed by atoms with Crippen molar-refractivity contribution in [2.24, 2.45) is 22.9 Å². The van der Waals surface area contributed by atoms with Crippen LogP contribution in [0.15, 0.2) is 78.8 Å². The van der Waals surface area contributed by atoms with Crippen LogP contribution >= 0.6 is 0 Å². The highest BCUT2D eigenvalue weighted by molar-refractivity contribution is 6.13. The van der Waals surface area contributed by atoms with Gasteiger partial charge in [-0.05, 0) is 51.5 Å². The van der Waals surface area contributed by atoms with Crippen LogP contribution in [0.5, 0.6) is 0 Å². The van der Waals surface area contributed by atoms with Crippen molar-refractivity contribution in [3.8, 4) is 11.3 Å². The van der Waals surface area contributed by atoms with E-state index in [2.05, 4.69) is 5.32 Å². The molecule has 2 aliphatic heterocycles. The van der Waals surface area contributed by atoms with Crippen LogP contribution in [0.25, 0.3) is 11.3 Å². The van der Waals surface area contributed by atoms with Gasteiger partial charge in [0.15, 0.2) is 0 Å². The molecule has 2 aromatic carbocycles. The normalized spacial score (nSPS) is 17.1. The molecule has 0 aliphatic carbocycles. The molecule has 19 nitrogen and oxygen atoms in total. The number of rotatable bonds is 26. The van der Waals surface area contributed by atoms with E-state index in [0.717, 1.165) is 28.7 Å². The highest BCUT2D eigenvalue weighted by Gasteiger charge is 2.47. The topological polar surface area (TPSA) is 237 Å². The average Bonchev–Trinajstić information content (AvgIpc) is 3.98. The van der Waals surface area contributed by atoms with Gasteiger partial charge in [-0.25, -0.2) is 28.8 Å². The van der Waals surface area contributed by atoms with Crippen molar-refractivity contribution in [1.29, 1.82) is 0 Å². The molecule has 2 aliphatic rings. The van der Waals surface area contributed by atoms with Crippen molar-refractivity contribution >= 4 is 29.7 Å². The molecule has 0 spiro atoms. The molecule has 5 amide bonds. The number of likely N-dealkylation sites (tertiary alicyclic amines) is 1. The van der Waals surface area contributed by atoms with Gasteiger partial charge < -0.3 is 54.5 Å². The third-order valence-electron chi connectivity index (χ3n) is 11.6. The summed E-state index contributed by atoms with van der Waals surface area (Å²) in [5.74, 6) is 1.50. The number of aliphatic hydroxyl groups is 1. The van der Waals surface area contributed by atoms with Crippen LogP contribution < -0.4 is 16.9 Å². The number of benzene rings is 2. The molecule has 4 atom stereocenters. The summed E-state index contributed by atoms with van der Waals surface area (Å²) in [5.41, 5.74) is 4.69. The highest BCUT2D eigenvalue weighted by Crippen LogP contribution is 2.43. The molecule has 1 saturated heterocycles. The monoisotopic (exact) mass is 1010 g/mol. The van der Waals surface area contributed by atoms with Crippen LogP contribution in [0.4, 0.5) is 18.0 Å². The van der Waals surface area contributed by atoms with Gasteiger partial charge in [0.25, 0.3) is 17.7 Å². The minimum Gasteiger partial charge on any atom is -0.444 e. The molecular formula is C50H68F3N9O10. The number of carbonyl (C=O) groups is 5. The van der Waals surface area contributed by atoms with Gasteiger partial charge in [-0.1, -0.05) is 44.2 Å². The fourth-order valence-electron chi connectivity index (χ4n) is 8.22. The number of hydrogen-bond acceptors (Lipinski definition) is 14. The van der Waals surface area contributed by atoms with Crippen molar-refractivity contribution in [2.45, 2.75) is 78.4 Å². The number of alkyl halides is 1. The molecule has 3 unspecified atom stereocenters. The zero-order valence-corrected chi connectivity index (χ0v) is 41.7. The first kappa shape index (κ1) is 56.6. The van der Waals surface area contributed by atoms with Crippen molar-refractivity contribution in [1.82, 2.24) is 34.6 Å². The first-order chi connectivity index (χ1) is 34.0. The zero-order valence-electron chi connectivity index (χ0n) is 41.7. The summed E-state index contributed by atoms with van der Waals surface area (Å²) in [4.78, 5) is 73.1.